The van der Waals surface area contributed by atoms with Gasteiger partial charge in [0.15, 0.2) is 0 Å². The van der Waals surface area contributed by atoms with Gasteiger partial charge in [-0.05, 0) is 31.9 Å². The van der Waals surface area contributed by atoms with E-state index in [-0.39, 0.29) is 22.1 Å². The number of rotatable bonds is 4. The lowest BCUT2D eigenvalue weighted by atomic mass is 9.84. The SMILES string of the molecule is CC(NC(=O)C1CCC1)c1ccc(S(N)(=O)=O)s1. The molecule has 0 radical (unpaired) electrons. The number of nitrogens with one attached hydrogen (secondary N) is 1. The van der Waals surface area contributed by atoms with Gasteiger partial charge in [0, 0.05) is 10.8 Å². The van der Waals surface area contributed by atoms with Crippen LogP contribution in [0.4, 0.5) is 0 Å². The summed E-state index contributed by atoms with van der Waals surface area (Å²) in [7, 11) is -3.65. The Hall–Kier alpha value is -0.920. The molecule has 0 aliphatic heterocycles. The first kappa shape index (κ1) is 13.5. The van der Waals surface area contributed by atoms with E-state index in [2.05, 4.69) is 5.32 Å². The van der Waals surface area contributed by atoms with Crippen LogP contribution in [0.2, 0.25) is 0 Å². The normalized spacial score (nSPS) is 18.1. The van der Waals surface area contributed by atoms with Gasteiger partial charge in [0.25, 0.3) is 0 Å². The summed E-state index contributed by atoms with van der Waals surface area (Å²) in [4.78, 5) is 12.6. The van der Waals surface area contributed by atoms with Crippen LogP contribution in [0.1, 0.15) is 37.1 Å². The average Bonchev–Trinajstić information content (AvgIpc) is 2.61. The molecule has 0 spiro atoms. The van der Waals surface area contributed by atoms with Gasteiger partial charge in [-0.1, -0.05) is 6.42 Å². The molecule has 2 rings (SSSR count). The van der Waals surface area contributed by atoms with Gasteiger partial charge in [-0.3, -0.25) is 4.79 Å². The minimum absolute atomic E-state index is 0.0549. The molecule has 1 aliphatic rings. The fourth-order valence-electron chi connectivity index (χ4n) is 1.79. The topological polar surface area (TPSA) is 89.3 Å². The van der Waals surface area contributed by atoms with Crippen LogP contribution in [-0.2, 0) is 14.8 Å². The zero-order chi connectivity index (χ0) is 13.3. The monoisotopic (exact) mass is 288 g/mol. The molecule has 1 fully saturated rings. The molecule has 1 saturated carbocycles. The molecule has 0 bridgehead atoms. The third kappa shape index (κ3) is 2.90. The second-order valence-corrected chi connectivity index (χ2v) is 7.46. The molecule has 18 heavy (non-hydrogen) atoms. The second-order valence-electron chi connectivity index (χ2n) is 4.56. The van der Waals surface area contributed by atoms with Crippen molar-refractivity contribution in [2.24, 2.45) is 11.1 Å². The Morgan fingerprint density at radius 2 is 2.17 bits per heavy atom. The number of primary sulfonamides is 1. The predicted molar refractivity (Wildman–Crippen MR) is 69.6 cm³/mol. The van der Waals surface area contributed by atoms with E-state index in [1.165, 1.54) is 6.07 Å². The molecule has 0 aromatic carbocycles. The molecule has 1 atom stereocenters. The summed E-state index contributed by atoms with van der Waals surface area (Å²) in [5.41, 5.74) is 0. The Labute approximate surface area is 110 Å². The zero-order valence-corrected chi connectivity index (χ0v) is 11.7. The van der Waals surface area contributed by atoms with E-state index >= 15 is 0 Å². The Morgan fingerprint density at radius 3 is 2.61 bits per heavy atom. The molecular formula is C11H16N2O3S2. The highest BCUT2D eigenvalue weighted by atomic mass is 32.2. The highest BCUT2D eigenvalue weighted by molar-refractivity contribution is 7.91. The van der Waals surface area contributed by atoms with E-state index in [4.69, 9.17) is 5.14 Å². The fraction of sp³-hybridized carbons (Fsp3) is 0.545. The first-order valence-corrected chi connectivity index (χ1v) is 8.17. The fourth-order valence-corrected chi connectivity index (χ4v) is 3.54. The standard InChI is InChI=1S/C11H16N2O3S2/c1-7(13-11(14)8-3-2-4-8)9-5-6-10(17-9)18(12,15)16/h5-8H,2-4H2,1H3,(H,13,14)(H2,12,15,16). The molecule has 1 unspecified atom stereocenters. The minimum Gasteiger partial charge on any atom is -0.349 e. The lowest BCUT2D eigenvalue weighted by Gasteiger charge is -2.25. The maximum Gasteiger partial charge on any atom is 0.247 e. The minimum atomic E-state index is -3.65. The van der Waals surface area contributed by atoms with Gasteiger partial charge in [0.05, 0.1) is 6.04 Å². The van der Waals surface area contributed by atoms with Crippen LogP contribution < -0.4 is 10.5 Å². The predicted octanol–water partition coefficient (Wildman–Crippen LogP) is 1.37. The van der Waals surface area contributed by atoms with Crippen LogP contribution in [0.15, 0.2) is 16.3 Å². The summed E-state index contributed by atoms with van der Waals surface area (Å²) in [6.45, 7) is 1.84. The van der Waals surface area contributed by atoms with E-state index in [0.29, 0.717) is 0 Å². The summed E-state index contributed by atoms with van der Waals surface area (Å²) in [6.07, 6.45) is 3.01. The van der Waals surface area contributed by atoms with Crippen LogP contribution in [0.5, 0.6) is 0 Å². The molecule has 1 amide bonds. The number of hydrogen-bond donors (Lipinski definition) is 2. The summed E-state index contributed by atoms with van der Waals surface area (Å²) < 4.78 is 22.4. The van der Waals surface area contributed by atoms with E-state index in [9.17, 15) is 13.2 Å². The number of amides is 1. The van der Waals surface area contributed by atoms with Gasteiger partial charge in [-0.15, -0.1) is 11.3 Å². The number of hydrogen-bond acceptors (Lipinski definition) is 4. The number of carbonyl (C=O) groups is 1. The van der Waals surface area contributed by atoms with E-state index in [1.54, 1.807) is 6.07 Å². The molecule has 0 saturated heterocycles. The lowest BCUT2D eigenvalue weighted by molar-refractivity contribution is -0.128. The third-order valence-corrected chi connectivity index (χ3v) is 5.85. The van der Waals surface area contributed by atoms with Gasteiger partial charge >= 0.3 is 0 Å². The van der Waals surface area contributed by atoms with Crippen molar-refractivity contribution in [1.82, 2.24) is 5.32 Å². The first-order valence-electron chi connectivity index (χ1n) is 5.81. The average molecular weight is 288 g/mol. The molecular weight excluding hydrogens is 272 g/mol. The molecule has 1 aromatic heterocycles. The molecule has 1 heterocycles. The Morgan fingerprint density at radius 1 is 1.50 bits per heavy atom. The van der Waals surface area contributed by atoms with Gasteiger partial charge < -0.3 is 5.32 Å². The summed E-state index contributed by atoms with van der Waals surface area (Å²) in [5.74, 6) is 0.185. The molecule has 7 heteroatoms. The Balaban J connectivity index is 2.02. The van der Waals surface area contributed by atoms with Crippen LogP contribution in [0.3, 0.4) is 0 Å². The van der Waals surface area contributed by atoms with Crippen molar-refractivity contribution in [2.75, 3.05) is 0 Å². The largest absolute Gasteiger partial charge is 0.349 e. The Bertz CT molecular complexity index is 546. The van der Waals surface area contributed by atoms with Crippen molar-refractivity contribution in [2.45, 2.75) is 36.4 Å². The van der Waals surface area contributed by atoms with Crippen LogP contribution in [0, 0.1) is 5.92 Å². The maximum atomic E-state index is 11.8. The summed E-state index contributed by atoms with van der Waals surface area (Å²) in [6, 6.07) is 2.98. The number of sulfonamides is 1. The lowest BCUT2D eigenvalue weighted by Crippen LogP contribution is -2.35. The molecule has 1 aromatic rings. The summed E-state index contributed by atoms with van der Waals surface area (Å²) >= 11 is 1.10. The molecule has 5 nitrogen and oxygen atoms in total. The Kier molecular flexibility index (Phi) is 3.74. The molecule has 100 valence electrons. The van der Waals surface area contributed by atoms with Gasteiger partial charge in [0.2, 0.25) is 15.9 Å². The molecule has 3 N–H and O–H groups in total. The van der Waals surface area contributed by atoms with E-state index < -0.39 is 10.0 Å². The maximum absolute atomic E-state index is 11.8. The van der Waals surface area contributed by atoms with Crippen molar-refractivity contribution in [3.05, 3.63) is 17.0 Å². The van der Waals surface area contributed by atoms with Gasteiger partial charge in [-0.25, -0.2) is 13.6 Å². The highest BCUT2D eigenvalue weighted by Crippen LogP contribution is 2.29. The number of thiophene rings is 1. The van der Waals surface area contributed by atoms with Crippen molar-refractivity contribution in [1.29, 1.82) is 0 Å². The van der Waals surface area contributed by atoms with Crippen LogP contribution >= 0.6 is 11.3 Å². The first-order chi connectivity index (χ1) is 8.38. The van der Waals surface area contributed by atoms with Crippen molar-refractivity contribution < 1.29 is 13.2 Å². The second kappa shape index (κ2) is 4.99. The van der Waals surface area contributed by atoms with Gasteiger partial charge in [-0.2, -0.15) is 0 Å². The van der Waals surface area contributed by atoms with Crippen molar-refractivity contribution in [3.63, 3.8) is 0 Å². The highest BCUT2D eigenvalue weighted by Gasteiger charge is 2.26. The van der Waals surface area contributed by atoms with E-state index in [0.717, 1.165) is 35.5 Å². The van der Waals surface area contributed by atoms with Crippen molar-refractivity contribution >= 4 is 27.3 Å². The van der Waals surface area contributed by atoms with E-state index in [1.807, 2.05) is 6.92 Å². The zero-order valence-electron chi connectivity index (χ0n) is 10.0. The smallest absolute Gasteiger partial charge is 0.247 e. The van der Waals surface area contributed by atoms with Crippen molar-refractivity contribution in [3.8, 4) is 0 Å². The quantitative estimate of drug-likeness (QED) is 0.877. The van der Waals surface area contributed by atoms with Gasteiger partial charge in [0.1, 0.15) is 4.21 Å². The number of carbonyl (C=O) groups excluding carboxylic acids is 1. The third-order valence-electron chi connectivity index (χ3n) is 3.14. The molecule has 1 aliphatic carbocycles. The number of nitrogens with two attached hydrogens (primary N) is 1. The van der Waals surface area contributed by atoms with Crippen LogP contribution in [-0.4, -0.2) is 14.3 Å². The summed E-state index contributed by atoms with van der Waals surface area (Å²) in [5, 5.41) is 7.94. The van der Waals surface area contributed by atoms with Crippen LogP contribution in [0.25, 0.3) is 0 Å².